The molecule has 3 heterocycles. The lowest BCUT2D eigenvalue weighted by molar-refractivity contribution is 0.0504. The fourth-order valence-electron chi connectivity index (χ4n) is 3.51. The van der Waals surface area contributed by atoms with Crippen LogP contribution in [0, 0.1) is 6.92 Å². The number of amides is 1. The van der Waals surface area contributed by atoms with Gasteiger partial charge < -0.3 is 24.4 Å². The van der Waals surface area contributed by atoms with Gasteiger partial charge in [-0.15, -0.1) is 0 Å². The van der Waals surface area contributed by atoms with Gasteiger partial charge in [-0.25, -0.2) is 14.8 Å². The van der Waals surface area contributed by atoms with Gasteiger partial charge in [0.15, 0.2) is 0 Å². The SMILES string of the molecule is Cc1c(OC2CCCNCC2)ncnc1OC1CCN(C(=O)OC(C)C)CC1. The Bertz CT molecular complexity index is 639. The first-order chi connectivity index (χ1) is 13.5. The summed E-state index contributed by atoms with van der Waals surface area (Å²) in [5, 5.41) is 3.39. The van der Waals surface area contributed by atoms with Crippen LogP contribution < -0.4 is 14.8 Å². The fourth-order valence-corrected chi connectivity index (χ4v) is 3.51. The number of aromatic nitrogens is 2. The monoisotopic (exact) mass is 392 g/mol. The molecule has 0 bridgehead atoms. The van der Waals surface area contributed by atoms with E-state index in [9.17, 15) is 4.79 Å². The molecule has 2 saturated heterocycles. The zero-order chi connectivity index (χ0) is 19.9. The van der Waals surface area contributed by atoms with E-state index in [-0.39, 0.29) is 24.4 Å². The minimum atomic E-state index is -0.250. The molecule has 1 unspecified atom stereocenters. The lowest BCUT2D eigenvalue weighted by Crippen LogP contribution is -2.42. The van der Waals surface area contributed by atoms with Gasteiger partial charge in [-0.05, 0) is 53.1 Å². The summed E-state index contributed by atoms with van der Waals surface area (Å²) in [6.45, 7) is 8.91. The maximum Gasteiger partial charge on any atom is 0.410 e. The van der Waals surface area contributed by atoms with E-state index in [1.807, 2.05) is 20.8 Å². The van der Waals surface area contributed by atoms with Gasteiger partial charge in [-0.2, -0.15) is 0 Å². The van der Waals surface area contributed by atoms with Gasteiger partial charge in [-0.1, -0.05) is 0 Å². The second-order valence-electron chi connectivity index (χ2n) is 7.77. The zero-order valence-electron chi connectivity index (χ0n) is 17.1. The number of nitrogens with zero attached hydrogens (tertiary/aromatic N) is 3. The molecule has 0 aliphatic carbocycles. The molecule has 3 rings (SSSR count). The predicted molar refractivity (Wildman–Crippen MR) is 105 cm³/mol. The molecule has 1 amide bonds. The van der Waals surface area contributed by atoms with Crippen LogP contribution in [0.15, 0.2) is 6.33 Å². The number of rotatable bonds is 5. The maximum atomic E-state index is 12.0. The number of hydrogen-bond donors (Lipinski definition) is 1. The summed E-state index contributed by atoms with van der Waals surface area (Å²) < 4.78 is 17.5. The molecule has 2 fully saturated rings. The van der Waals surface area contributed by atoms with Crippen molar-refractivity contribution in [1.29, 1.82) is 0 Å². The van der Waals surface area contributed by atoms with Crippen molar-refractivity contribution in [1.82, 2.24) is 20.2 Å². The summed E-state index contributed by atoms with van der Waals surface area (Å²) in [7, 11) is 0. The molecule has 0 saturated carbocycles. The Morgan fingerprint density at radius 2 is 1.71 bits per heavy atom. The van der Waals surface area contributed by atoms with Gasteiger partial charge in [0.05, 0.1) is 11.7 Å². The van der Waals surface area contributed by atoms with E-state index in [0.717, 1.165) is 50.8 Å². The predicted octanol–water partition coefficient (Wildman–Crippen LogP) is 2.69. The van der Waals surface area contributed by atoms with E-state index in [1.165, 1.54) is 6.33 Å². The molecule has 1 atom stereocenters. The summed E-state index contributed by atoms with van der Waals surface area (Å²) in [5.41, 5.74) is 0.835. The average molecular weight is 393 g/mol. The Morgan fingerprint density at radius 3 is 2.36 bits per heavy atom. The molecule has 28 heavy (non-hydrogen) atoms. The number of nitrogens with one attached hydrogen (secondary N) is 1. The molecule has 1 aromatic rings. The van der Waals surface area contributed by atoms with E-state index in [0.29, 0.717) is 24.8 Å². The quantitative estimate of drug-likeness (QED) is 0.824. The summed E-state index contributed by atoms with van der Waals surface area (Å²) in [5.74, 6) is 1.18. The van der Waals surface area contributed by atoms with Crippen LogP contribution in [-0.4, -0.2) is 65.5 Å². The van der Waals surface area contributed by atoms with Crippen molar-refractivity contribution in [2.24, 2.45) is 0 Å². The maximum absolute atomic E-state index is 12.0. The van der Waals surface area contributed by atoms with Gasteiger partial charge in [0, 0.05) is 25.9 Å². The molecule has 156 valence electrons. The third-order valence-electron chi connectivity index (χ3n) is 5.11. The number of carbonyl (C=O) groups excluding carboxylic acids is 1. The third-order valence-corrected chi connectivity index (χ3v) is 5.11. The number of piperidine rings is 1. The van der Waals surface area contributed by atoms with Gasteiger partial charge in [0.25, 0.3) is 0 Å². The highest BCUT2D eigenvalue weighted by molar-refractivity contribution is 5.67. The lowest BCUT2D eigenvalue weighted by Gasteiger charge is -2.32. The summed E-state index contributed by atoms with van der Waals surface area (Å²) in [6, 6.07) is 0. The molecule has 2 aliphatic rings. The van der Waals surface area contributed by atoms with Crippen molar-refractivity contribution in [3.63, 3.8) is 0 Å². The Kier molecular flexibility index (Phi) is 7.30. The minimum Gasteiger partial charge on any atom is -0.474 e. The molecule has 8 heteroatoms. The van der Waals surface area contributed by atoms with Crippen molar-refractivity contribution in [3.05, 3.63) is 11.9 Å². The van der Waals surface area contributed by atoms with Gasteiger partial charge in [-0.3, -0.25) is 0 Å². The Hall–Kier alpha value is -2.09. The first-order valence-electron chi connectivity index (χ1n) is 10.3. The fraction of sp³-hybridized carbons (Fsp3) is 0.750. The molecular weight excluding hydrogens is 360 g/mol. The van der Waals surface area contributed by atoms with Crippen molar-refractivity contribution in [3.8, 4) is 11.8 Å². The minimum absolute atomic E-state index is 0.0200. The second kappa shape index (κ2) is 9.91. The molecule has 2 aliphatic heterocycles. The van der Waals surface area contributed by atoms with Crippen LogP contribution in [0.4, 0.5) is 4.79 Å². The van der Waals surface area contributed by atoms with E-state index in [4.69, 9.17) is 14.2 Å². The van der Waals surface area contributed by atoms with Crippen LogP contribution in [0.3, 0.4) is 0 Å². The molecule has 8 nitrogen and oxygen atoms in total. The smallest absolute Gasteiger partial charge is 0.410 e. The number of ether oxygens (including phenoxy) is 3. The summed E-state index contributed by atoms with van der Waals surface area (Å²) >= 11 is 0. The Balaban J connectivity index is 1.54. The van der Waals surface area contributed by atoms with Crippen LogP contribution in [-0.2, 0) is 4.74 Å². The second-order valence-corrected chi connectivity index (χ2v) is 7.77. The summed E-state index contributed by atoms with van der Waals surface area (Å²) in [4.78, 5) is 22.4. The standard InChI is InChI=1S/C20H32N4O4/c1-14(2)26-20(25)24-11-7-17(8-12-24)28-19-15(3)18(22-13-23-19)27-16-5-4-9-21-10-6-16/h13-14,16-17,21H,4-12H2,1-3H3. The van der Waals surface area contributed by atoms with E-state index in [1.54, 1.807) is 4.90 Å². The number of carbonyl (C=O) groups is 1. The highest BCUT2D eigenvalue weighted by Gasteiger charge is 2.26. The molecule has 0 aromatic carbocycles. The first kappa shape index (κ1) is 20.6. The zero-order valence-corrected chi connectivity index (χ0v) is 17.1. The van der Waals surface area contributed by atoms with Gasteiger partial charge in [0.1, 0.15) is 18.5 Å². The molecular formula is C20H32N4O4. The van der Waals surface area contributed by atoms with Crippen molar-refractivity contribution < 1.29 is 19.0 Å². The number of likely N-dealkylation sites (tertiary alicyclic amines) is 1. The van der Waals surface area contributed by atoms with Crippen molar-refractivity contribution in [2.75, 3.05) is 26.2 Å². The highest BCUT2D eigenvalue weighted by atomic mass is 16.6. The summed E-state index contributed by atoms with van der Waals surface area (Å²) in [6.07, 6.45) is 5.95. The lowest BCUT2D eigenvalue weighted by atomic mass is 10.1. The van der Waals surface area contributed by atoms with Gasteiger partial charge >= 0.3 is 6.09 Å². The molecule has 0 radical (unpaired) electrons. The average Bonchev–Trinajstić information content (AvgIpc) is 2.94. The van der Waals surface area contributed by atoms with Crippen LogP contribution in [0.2, 0.25) is 0 Å². The van der Waals surface area contributed by atoms with Crippen molar-refractivity contribution >= 4 is 6.09 Å². The van der Waals surface area contributed by atoms with Crippen LogP contribution in [0.5, 0.6) is 11.8 Å². The molecule has 1 aromatic heterocycles. The van der Waals surface area contributed by atoms with E-state index < -0.39 is 0 Å². The molecule has 1 N–H and O–H groups in total. The Morgan fingerprint density at radius 1 is 1.07 bits per heavy atom. The topological polar surface area (TPSA) is 85.8 Å². The van der Waals surface area contributed by atoms with Crippen LogP contribution >= 0.6 is 0 Å². The first-order valence-corrected chi connectivity index (χ1v) is 10.3. The van der Waals surface area contributed by atoms with Crippen LogP contribution in [0.25, 0.3) is 0 Å². The Labute approximate surface area is 167 Å². The largest absolute Gasteiger partial charge is 0.474 e. The number of hydrogen-bond acceptors (Lipinski definition) is 7. The van der Waals surface area contributed by atoms with E-state index >= 15 is 0 Å². The highest BCUT2D eigenvalue weighted by Crippen LogP contribution is 2.27. The third kappa shape index (κ3) is 5.70. The van der Waals surface area contributed by atoms with Crippen LogP contribution in [0.1, 0.15) is 51.5 Å². The van der Waals surface area contributed by atoms with Crippen molar-refractivity contribution in [2.45, 2.75) is 71.2 Å². The van der Waals surface area contributed by atoms with Gasteiger partial charge in [0.2, 0.25) is 11.8 Å². The molecule has 0 spiro atoms. The normalized spacial score (nSPS) is 21.3. The van der Waals surface area contributed by atoms with E-state index in [2.05, 4.69) is 15.3 Å².